The van der Waals surface area contributed by atoms with Crippen molar-refractivity contribution in [3.63, 3.8) is 0 Å². The lowest BCUT2D eigenvalue weighted by Gasteiger charge is -2.08. The fourth-order valence-corrected chi connectivity index (χ4v) is 3.88. The number of aryl methyl sites for hydroxylation is 1. The van der Waals surface area contributed by atoms with Crippen molar-refractivity contribution in [1.29, 1.82) is 0 Å². The number of rotatable bonds is 6. The first kappa shape index (κ1) is 20.3. The summed E-state index contributed by atoms with van der Waals surface area (Å²) in [5.41, 5.74) is 4.83. The van der Waals surface area contributed by atoms with Crippen LogP contribution in [-0.2, 0) is 4.79 Å². The van der Waals surface area contributed by atoms with E-state index in [1.54, 1.807) is 24.3 Å². The second-order valence-electron chi connectivity index (χ2n) is 6.82. The van der Waals surface area contributed by atoms with Crippen molar-refractivity contribution < 1.29 is 4.79 Å². The lowest BCUT2D eigenvalue weighted by atomic mass is 10.2. The molecule has 1 heterocycles. The van der Waals surface area contributed by atoms with Crippen molar-refractivity contribution in [1.82, 2.24) is 9.55 Å². The minimum Gasteiger partial charge on any atom is -0.325 e. The largest absolute Gasteiger partial charge is 0.325 e. The van der Waals surface area contributed by atoms with E-state index in [-0.39, 0.29) is 11.7 Å². The van der Waals surface area contributed by atoms with Crippen LogP contribution in [-0.4, -0.2) is 21.2 Å². The van der Waals surface area contributed by atoms with Crippen LogP contribution in [0.4, 0.5) is 5.69 Å². The molecule has 30 heavy (non-hydrogen) atoms. The summed E-state index contributed by atoms with van der Waals surface area (Å²) in [5.74, 6) is 0.154. The van der Waals surface area contributed by atoms with Gasteiger partial charge in [0.15, 0.2) is 5.16 Å². The normalized spacial score (nSPS) is 10.7. The van der Waals surface area contributed by atoms with E-state index in [0.717, 1.165) is 27.8 Å². The number of benzene rings is 3. The molecule has 0 aliphatic carbocycles. The number of nitrogens with one attached hydrogen (secondary N) is 1. The highest BCUT2D eigenvalue weighted by Crippen LogP contribution is 2.27. The van der Waals surface area contributed by atoms with E-state index in [4.69, 9.17) is 16.6 Å². The molecule has 1 amide bonds. The highest BCUT2D eigenvalue weighted by molar-refractivity contribution is 7.99. The van der Waals surface area contributed by atoms with Gasteiger partial charge in [0.05, 0.1) is 11.4 Å². The number of carbonyl (C=O) groups excluding carboxylic acids is 1. The predicted molar refractivity (Wildman–Crippen MR) is 125 cm³/mol. The highest BCUT2D eigenvalue weighted by Gasteiger charge is 2.14. The van der Waals surface area contributed by atoms with Gasteiger partial charge >= 0.3 is 0 Å². The van der Waals surface area contributed by atoms with Crippen molar-refractivity contribution in [3.8, 4) is 16.9 Å². The van der Waals surface area contributed by atoms with Crippen molar-refractivity contribution in [3.05, 3.63) is 95.6 Å². The van der Waals surface area contributed by atoms with Gasteiger partial charge in [-0.3, -0.25) is 9.36 Å². The smallest absolute Gasteiger partial charge is 0.234 e. The number of amides is 1. The first-order chi connectivity index (χ1) is 14.6. The predicted octanol–water partition coefficient (Wildman–Crippen LogP) is 6.23. The number of anilines is 1. The molecule has 0 saturated heterocycles. The third kappa shape index (κ3) is 4.93. The Bertz CT molecular complexity index is 1140. The molecule has 6 heteroatoms. The molecule has 4 nitrogen and oxygen atoms in total. The van der Waals surface area contributed by atoms with Gasteiger partial charge in [-0.2, -0.15) is 0 Å². The Kier molecular flexibility index (Phi) is 6.21. The van der Waals surface area contributed by atoms with Gasteiger partial charge in [-0.05, 0) is 43.3 Å². The Morgan fingerprint density at radius 3 is 2.40 bits per heavy atom. The van der Waals surface area contributed by atoms with E-state index in [1.807, 2.05) is 41.1 Å². The molecule has 0 bridgehead atoms. The van der Waals surface area contributed by atoms with E-state index in [2.05, 4.69) is 36.5 Å². The number of aromatic nitrogens is 2. The van der Waals surface area contributed by atoms with Crippen LogP contribution in [0.3, 0.4) is 0 Å². The second kappa shape index (κ2) is 9.20. The van der Waals surface area contributed by atoms with Gasteiger partial charge in [0.25, 0.3) is 0 Å². The van der Waals surface area contributed by atoms with Gasteiger partial charge in [0.1, 0.15) is 0 Å². The zero-order valence-corrected chi connectivity index (χ0v) is 18.0. The molecule has 0 saturated carbocycles. The van der Waals surface area contributed by atoms with Crippen molar-refractivity contribution in [2.24, 2.45) is 0 Å². The van der Waals surface area contributed by atoms with Gasteiger partial charge in [-0.25, -0.2) is 4.98 Å². The standard InChI is InChI=1S/C24H20ClN3OS/c1-17-7-13-21(14-8-17)28-15-22(18-5-3-2-4-6-18)27-24(28)30-16-23(29)26-20-11-9-19(25)10-12-20/h2-15H,16H2,1H3,(H,26,29). The molecule has 0 radical (unpaired) electrons. The molecular weight excluding hydrogens is 414 g/mol. The topological polar surface area (TPSA) is 46.9 Å². The average Bonchev–Trinajstić information content (AvgIpc) is 3.19. The first-order valence-corrected chi connectivity index (χ1v) is 10.8. The molecule has 1 aromatic heterocycles. The number of halogens is 1. The lowest BCUT2D eigenvalue weighted by Crippen LogP contribution is -2.14. The molecule has 150 valence electrons. The summed E-state index contributed by atoms with van der Waals surface area (Å²) in [7, 11) is 0. The molecule has 4 rings (SSSR count). The van der Waals surface area contributed by atoms with Crippen LogP contribution in [0.5, 0.6) is 0 Å². The van der Waals surface area contributed by atoms with E-state index in [9.17, 15) is 4.79 Å². The molecule has 0 aliphatic heterocycles. The molecule has 0 fully saturated rings. The summed E-state index contributed by atoms with van der Waals surface area (Å²) in [5, 5.41) is 4.29. The summed E-state index contributed by atoms with van der Waals surface area (Å²) in [6, 6.07) is 25.4. The number of imidazole rings is 1. The van der Waals surface area contributed by atoms with Gasteiger partial charge in [-0.1, -0.05) is 71.4 Å². The van der Waals surface area contributed by atoms with Crippen LogP contribution >= 0.6 is 23.4 Å². The molecule has 1 N–H and O–H groups in total. The molecule has 0 spiro atoms. The van der Waals surface area contributed by atoms with Crippen molar-refractivity contribution in [2.75, 3.05) is 11.1 Å². The minimum absolute atomic E-state index is 0.0953. The highest BCUT2D eigenvalue weighted by atomic mass is 35.5. The lowest BCUT2D eigenvalue weighted by molar-refractivity contribution is -0.113. The summed E-state index contributed by atoms with van der Waals surface area (Å²) in [4.78, 5) is 17.2. The maximum absolute atomic E-state index is 12.4. The van der Waals surface area contributed by atoms with Crippen LogP contribution in [0, 0.1) is 6.92 Å². The summed E-state index contributed by atoms with van der Waals surface area (Å²) < 4.78 is 2.03. The molecular formula is C24H20ClN3OS. The van der Waals surface area contributed by atoms with Crippen LogP contribution in [0.15, 0.2) is 90.2 Å². The average molecular weight is 434 g/mol. The number of thioether (sulfide) groups is 1. The maximum atomic E-state index is 12.4. The van der Waals surface area contributed by atoms with E-state index in [1.165, 1.54) is 17.3 Å². The maximum Gasteiger partial charge on any atom is 0.234 e. The van der Waals surface area contributed by atoms with Crippen LogP contribution in [0.1, 0.15) is 5.56 Å². The Hall–Kier alpha value is -3.02. The first-order valence-electron chi connectivity index (χ1n) is 9.48. The van der Waals surface area contributed by atoms with Gasteiger partial charge in [-0.15, -0.1) is 0 Å². The summed E-state index contributed by atoms with van der Waals surface area (Å²) in [6.07, 6.45) is 2.01. The van der Waals surface area contributed by atoms with E-state index in [0.29, 0.717) is 5.02 Å². The third-order valence-electron chi connectivity index (χ3n) is 4.52. The molecule has 0 unspecified atom stereocenters. The zero-order chi connectivity index (χ0) is 20.9. The third-order valence-corrected chi connectivity index (χ3v) is 5.72. The van der Waals surface area contributed by atoms with Crippen LogP contribution in [0.2, 0.25) is 5.02 Å². The fourth-order valence-electron chi connectivity index (χ4n) is 2.96. The number of nitrogens with zero attached hydrogens (tertiary/aromatic N) is 2. The van der Waals surface area contributed by atoms with Crippen molar-refractivity contribution in [2.45, 2.75) is 12.1 Å². The van der Waals surface area contributed by atoms with Gasteiger partial charge < -0.3 is 5.32 Å². The quantitative estimate of drug-likeness (QED) is 0.366. The van der Waals surface area contributed by atoms with Crippen LogP contribution in [0.25, 0.3) is 16.9 Å². The van der Waals surface area contributed by atoms with E-state index < -0.39 is 0 Å². The fraction of sp³-hybridized carbons (Fsp3) is 0.0833. The molecule has 3 aromatic carbocycles. The Labute approximate surface area is 184 Å². The second-order valence-corrected chi connectivity index (χ2v) is 8.20. The minimum atomic E-state index is -0.0953. The van der Waals surface area contributed by atoms with Gasteiger partial charge in [0.2, 0.25) is 5.91 Å². The Balaban J connectivity index is 1.56. The molecule has 0 atom stereocenters. The van der Waals surface area contributed by atoms with E-state index >= 15 is 0 Å². The Morgan fingerprint density at radius 1 is 1.00 bits per heavy atom. The summed E-state index contributed by atoms with van der Waals surface area (Å²) >= 11 is 7.31. The SMILES string of the molecule is Cc1ccc(-n2cc(-c3ccccc3)nc2SCC(=O)Nc2ccc(Cl)cc2)cc1. The number of hydrogen-bond donors (Lipinski definition) is 1. The molecule has 4 aromatic rings. The Morgan fingerprint density at radius 2 is 1.70 bits per heavy atom. The van der Waals surface area contributed by atoms with Crippen molar-refractivity contribution >= 4 is 35.0 Å². The number of hydrogen-bond acceptors (Lipinski definition) is 3. The zero-order valence-electron chi connectivity index (χ0n) is 16.4. The number of carbonyl (C=O) groups is 1. The van der Waals surface area contributed by atoms with Gasteiger partial charge in [0, 0.05) is 28.2 Å². The monoisotopic (exact) mass is 433 g/mol. The van der Waals surface area contributed by atoms with Crippen LogP contribution < -0.4 is 5.32 Å². The molecule has 0 aliphatic rings. The summed E-state index contributed by atoms with van der Waals surface area (Å²) in [6.45, 7) is 2.06.